The first-order chi connectivity index (χ1) is 8.88. The third kappa shape index (κ3) is 2.87. The molecule has 1 aromatic carbocycles. The highest BCUT2D eigenvalue weighted by Crippen LogP contribution is 2.33. The van der Waals surface area contributed by atoms with E-state index in [1.807, 2.05) is 0 Å². The third-order valence-electron chi connectivity index (χ3n) is 2.18. The second kappa shape index (κ2) is 4.67. The van der Waals surface area contributed by atoms with Crippen LogP contribution in [0, 0.1) is 5.82 Å². The zero-order valence-corrected chi connectivity index (χ0v) is 9.12. The molecule has 0 aliphatic rings. The van der Waals surface area contributed by atoms with Crippen LogP contribution in [0.5, 0.6) is 0 Å². The number of benzene rings is 1. The normalized spacial score (nSPS) is 11.4. The van der Waals surface area contributed by atoms with E-state index in [1.54, 1.807) is 0 Å². The van der Waals surface area contributed by atoms with Gasteiger partial charge in [0.25, 0.3) is 5.91 Å². The van der Waals surface area contributed by atoms with E-state index in [1.165, 1.54) is 0 Å². The summed E-state index contributed by atoms with van der Waals surface area (Å²) in [4.78, 5) is 11.5. The molecule has 9 heteroatoms. The molecule has 0 radical (unpaired) electrons. The molecule has 1 heterocycles. The van der Waals surface area contributed by atoms with Gasteiger partial charge in [0.15, 0.2) is 5.69 Å². The fourth-order valence-corrected chi connectivity index (χ4v) is 1.33. The van der Waals surface area contributed by atoms with Gasteiger partial charge in [-0.1, -0.05) is 0 Å². The number of nitrogens with zero attached hydrogens (tertiary/aromatic N) is 2. The number of rotatable bonds is 2. The molecule has 100 valence electrons. The number of nitrogens with one attached hydrogen (secondary N) is 2. The Balaban J connectivity index is 2.25. The molecule has 0 aliphatic carbocycles. The van der Waals surface area contributed by atoms with E-state index in [9.17, 15) is 22.4 Å². The number of anilines is 1. The summed E-state index contributed by atoms with van der Waals surface area (Å²) >= 11 is 0. The third-order valence-corrected chi connectivity index (χ3v) is 2.18. The van der Waals surface area contributed by atoms with E-state index in [0.717, 1.165) is 12.3 Å². The lowest BCUT2D eigenvalue weighted by molar-refractivity contribution is -0.139. The molecule has 5 nitrogen and oxygen atoms in total. The molecule has 2 N–H and O–H groups in total. The molecule has 19 heavy (non-hydrogen) atoms. The molecule has 0 unspecified atom stereocenters. The van der Waals surface area contributed by atoms with Crippen molar-refractivity contribution in [3.8, 4) is 0 Å². The van der Waals surface area contributed by atoms with Crippen molar-refractivity contribution in [2.75, 3.05) is 5.32 Å². The second-order valence-electron chi connectivity index (χ2n) is 3.50. The Morgan fingerprint density at radius 2 is 2.05 bits per heavy atom. The average Bonchev–Trinajstić information content (AvgIpc) is 2.83. The van der Waals surface area contributed by atoms with E-state index < -0.39 is 23.5 Å². The number of alkyl halides is 3. The zero-order chi connectivity index (χ0) is 14.0. The monoisotopic (exact) mass is 274 g/mol. The van der Waals surface area contributed by atoms with Crippen LogP contribution < -0.4 is 5.32 Å². The summed E-state index contributed by atoms with van der Waals surface area (Å²) in [6.45, 7) is 0. The van der Waals surface area contributed by atoms with Crippen molar-refractivity contribution >= 4 is 11.6 Å². The topological polar surface area (TPSA) is 70.7 Å². The van der Waals surface area contributed by atoms with Gasteiger partial charge >= 0.3 is 6.18 Å². The van der Waals surface area contributed by atoms with Gasteiger partial charge in [-0.2, -0.15) is 28.6 Å². The first-order valence-corrected chi connectivity index (χ1v) is 4.92. The van der Waals surface area contributed by atoms with Crippen LogP contribution in [-0.4, -0.2) is 21.3 Å². The molecule has 0 saturated heterocycles. The fraction of sp³-hybridized carbons (Fsp3) is 0.100. The van der Waals surface area contributed by atoms with Gasteiger partial charge in [-0.3, -0.25) is 4.79 Å². The Bertz CT molecular complexity index is 594. The highest BCUT2D eigenvalue weighted by Gasteiger charge is 2.34. The molecule has 0 atom stereocenters. The number of amides is 1. The lowest BCUT2D eigenvalue weighted by Crippen LogP contribution is -2.14. The van der Waals surface area contributed by atoms with Crippen LogP contribution in [0.4, 0.5) is 23.2 Å². The molecule has 0 aliphatic heterocycles. The Morgan fingerprint density at radius 3 is 2.63 bits per heavy atom. The summed E-state index contributed by atoms with van der Waals surface area (Å²) in [7, 11) is 0. The second-order valence-corrected chi connectivity index (χ2v) is 3.50. The average molecular weight is 274 g/mol. The first-order valence-electron chi connectivity index (χ1n) is 4.92. The molecule has 2 aromatic rings. The number of halogens is 4. The van der Waals surface area contributed by atoms with Crippen molar-refractivity contribution < 1.29 is 22.4 Å². The maximum Gasteiger partial charge on any atom is 0.419 e. The standard InChI is InChI=1S/C10H6F4N4O/c11-7-2-1-5(3-6(7)10(12,13)14)16-9(19)8-4-15-18-17-8/h1-4H,(H,16,19)(H,15,17,18). The van der Waals surface area contributed by atoms with E-state index in [0.29, 0.717) is 12.1 Å². The van der Waals surface area contributed by atoms with Gasteiger partial charge in [-0.25, -0.2) is 4.39 Å². The molecule has 0 bridgehead atoms. The molecule has 0 spiro atoms. The minimum absolute atomic E-state index is 0.0992. The van der Waals surface area contributed by atoms with Gasteiger partial charge < -0.3 is 5.32 Å². The molecule has 0 fully saturated rings. The molecule has 0 saturated carbocycles. The Morgan fingerprint density at radius 1 is 1.32 bits per heavy atom. The molecule has 1 amide bonds. The van der Waals surface area contributed by atoms with Crippen LogP contribution in [0.25, 0.3) is 0 Å². The molecular weight excluding hydrogens is 268 g/mol. The Kier molecular flexibility index (Phi) is 3.19. The maximum absolute atomic E-state index is 13.0. The predicted octanol–water partition coefficient (Wildman–Crippen LogP) is 2.21. The highest BCUT2D eigenvalue weighted by molar-refractivity contribution is 6.02. The van der Waals surface area contributed by atoms with Gasteiger partial charge in [0.05, 0.1) is 11.8 Å². The fourth-order valence-electron chi connectivity index (χ4n) is 1.33. The smallest absolute Gasteiger partial charge is 0.321 e. The Labute approximate surface area is 103 Å². The highest BCUT2D eigenvalue weighted by atomic mass is 19.4. The molecule has 2 rings (SSSR count). The molecular formula is C10H6F4N4O. The minimum atomic E-state index is -4.83. The van der Waals surface area contributed by atoms with Crippen molar-refractivity contribution in [2.24, 2.45) is 0 Å². The van der Waals surface area contributed by atoms with E-state index >= 15 is 0 Å². The number of hydrogen-bond donors (Lipinski definition) is 2. The lowest BCUT2D eigenvalue weighted by Gasteiger charge is -2.10. The summed E-state index contributed by atoms with van der Waals surface area (Å²) in [6, 6.07) is 2.15. The van der Waals surface area contributed by atoms with Crippen molar-refractivity contribution in [3.63, 3.8) is 0 Å². The number of carbonyl (C=O) groups is 1. The largest absolute Gasteiger partial charge is 0.419 e. The number of aromatic amines is 1. The SMILES string of the molecule is O=C(Nc1ccc(F)c(C(F)(F)F)c1)c1cn[nH]n1. The summed E-state index contributed by atoms with van der Waals surface area (Å²) in [5.74, 6) is -2.17. The summed E-state index contributed by atoms with van der Waals surface area (Å²) in [5.41, 5.74) is -1.75. The first kappa shape index (κ1) is 13.0. The van der Waals surface area contributed by atoms with Crippen molar-refractivity contribution in [1.29, 1.82) is 0 Å². The number of H-pyrrole nitrogens is 1. The van der Waals surface area contributed by atoms with Crippen LogP contribution in [-0.2, 0) is 6.18 Å². The Hall–Kier alpha value is -2.45. The van der Waals surface area contributed by atoms with Gasteiger partial charge in [0, 0.05) is 5.69 Å². The van der Waals surface area contributed by atoms with Crippen LogP contribution in [0.2, 0.25) is 0 Å². The number of aromatic nitrogens is 3. The summed E-state index contributed by atoms with van der Waals surface area (Å²) < 4.78 is 50.4. The number of carbonyl (C=O) groups excluding carboxylic acids is 1. The minimum Gasteiger partial charge on any atom is -0.321 e. The quantitative estimate of drug-likeness (QED) is 0.825. The van der Waals surface area contributed by atoms with Gasteiger partial charge in [-0.05, 0) is 18.2 Å². The number of hydrogen-bond acceptors (Lipinski definition) is 3. The maximum atomic E-state index is 13.0. The van der Waals surface area contributed by atoms with Crippen LogP contribution in [0.15, 0.2) is 24.4 Å². The zero-order valence-electron chi connectivity index (χ0n) is 9.12. The van der Waals surface area contributed by atoms with Gasteiger partial charge in [0.1, 0.15) is 5.82 Å². The summed E-state index contributed by atoms with van der Waals surface area (Å²) in [5, 5.41) is 11.2. The van der Waals surface area contributed by atoms with Crippen LogP contribution >= 0.6 is 0 Å². The van der Waals surface area contributed by atoms with E-state index in [4.69, 9.17) is 0 Å². The van der Waals surface area contributed by atoms with E-state index in [2.05, 4.69) is 20.7 Å². The van der Waals surface area contributed by atoms with Gasteiger partial charge in [-0.15, -0.1) is 0 Å². The van der Waals surface area contributed by atoms with Crippen LogP contribution in [0.3, 0.4) is 0 Å². The predicted molar refractivity (Wildman–Crippen MR) is 55.7 cm³/mol. The molecule has 1 aromatic heterocycles. The lowest BCUT2D eigenvalue weighted by atomic mass is 10.2. The van der Waals surface area contributed by atoms with Crippen molar-refractivity contribution in [3.05, 3.63) is 41.5 Å². The van der Waals surface area contributed by atoms with Gasteiger partial charge in [0.2, 0.25) is 0 Å². The van der Waals surface area contributed by atoms with Crippen LogP contribution in [0.1, 0.15) is 16.1 Å². The van der Waals surface area contributed by atoms with E-state index in [-0.39, 0.29) is 11.4 Å². The van der Waals surface area contributed by atoms with Crippen molar-refractivity contribution in [2.45, 2.75) is 6.18 Å². The summed E-state index contributed by atoms with van der Waals surface area (Å²) in [6.07, 6.45) is -3.73. The van der Waals surface area contributed by atoms with Crippen molar-refractivity contribution in [1.82, 2.24) is 15.4 Å².